The lowest BCUT2D eigenvalue weighted by Crippen LogP contribution is -2.41. The molecule has 0 heterocycles. The van der Waals surface area contributed by atoms with Crippen molar-refractivity contribution in [2.75, 3.05) is 5.32 Å². The zero-order valence-electron chi connectivity index (χ0n) is 11.6. The Kier molecular flexibility index (Phi) is 4.39. The third-order valence-electron chi connectivity index (χ3n) is 4.03. The van der Waals surface area contributed by atoms with Crippen LogP contribution in [0, 0.1) is 23.0 Å². The second-order valence-electron chi connectivity index (χ2n) is 5.39. The Morgan fingerprint density at radius 1 is 1.29 bits per heavy atom. The topological polar surface area (TPSA) is 55.2 Å². The number of halogens is 3. The van der Waals surface area contributed by atoms with Crippen LogP contribution in [0.1, 0.15) is 31.2 Å². The van der Waals surface area contributed by atoms with Crippen molar-refractivity contribution in [2.24, 2.45) is 5.92 Å². The largest absolute Gasteiger partial charge is 0.393 e. The first-order valence-corrected chi connectivity index (χ1v) is 6.88. The van der Waals surface area contributed by atoms with Crippen molar-refractivity contribution in [3.05, 3.63) is 33.9 Å². The molecule has 1 N–H and O–H groups in total. The molecular formula is C14H17F3N2O2. The molecule has 7 heteroatoms. The first-order chi connectivity index (χ1) is 9.80. The maximum Gasteiger partial charge on any atom is 0.393 e. The summed E-state index contributed by atoms with van der Waals surface area (Å²) in [6, 6.07) is 3.70. The van der Waals surface area contributed by atoms with Gasteiger partial charge in [-0.2, -0.15) is 13.2 Å². The number of nitro benzene ring substituents is 1. The van der Waals surface area contributed by atoms with Crippen LogP contribution in [0.25, 0.3) is 0 Å². The molecule has 1 aromatic rings. The lowest BCUT2D eigenvalue weighted by molar-refractivity contribution is -0.385. The Morgan fingerprint density at radius 3 is 2.57 bits per heavy atom. The van der Waals surface area contributed by atoms with Gasteiger partial charge >= 0.3 is 6.18 Å². The summed E-state index contributed by atoms with van der Waals surface area (Å²) in [5, 5.41) is 13.8. The van der Waals surface area contributed by atoms with Gasteiger partial charge in [0.2, 0.25) is 0 Å². The van der Waals surface area contributed by atoms with E-state index in [1.807, 2.05) is 0 Å². The monoisotopic (exact) mass is 302 g/mol. The van der Waals surface area contributed by atoms with Gasteiger partial charge in [0, 0.05) is 23.4 Å². The summed E-state index contributed by atoms with van der Waals surface area (Å²) >= 11 is 0. The van der Waals surface area contributed by atoms with Crippen molar-refractivity contribution in [2.45, 2.75) is 44.8 Å². The van der Waals surface area contributed by atoms with Crippen molar-refractivity contribution in [1.29, 1.82) is 0 Å². The maximum atomic E-state index is 13.1. The average molecular weight is 302 g/mol. The fourth-order valence-electron chi connectivity index (χ4n) is 2.87. The van der Waals surface area contributed by atoms with Gasteiger partial charge in [0.25, 0.3) is 5.69 Å². The van der Waals surface area contributed by atoms with E-state index in [-0.39, 0.29) is 12.1 Å². The molecule has 0 amide bonds. The summed E-state index contributed by atoms with van der Waals surface area (Å²) in [4.78, 5) is 10.4. The molecule has 1 fully saturated rings. The summed E-state index contributed by atoms with van der Waals surface area (Å²) in [7, 11) is 0. The van der Waals surface area contributed by atoms with Gasteiger partial charge in [-0.05, 0) is 25.8 Å². The van der Waals surface area contributed by atoms with E-state index in [0.717, 1.165) is 6.42 Å². The van der Waals surface area contributed by atoms with Crippen LogP contribution < -0.4 is 5.32 Å². The molecule has 0 aromatic heterocycles. The molecular weight excluding hydrogens is 285 g/mol. The lowest BCUT2D eigenvalue weighted by Gasteiger charge is -2.34. The molecule has 116 valence electrons. The van der Waals surface area contributed by atoms with Gasteiger partial charge in [-0.1, -0.05) is 18.9 Å². The zero-order chi connectivity index (χ0) is 15.6. The van der Waals surface area contributed by atoms with Crippen molar-refractivity contribution in [3.63, 3.8) is 0 Å². The predicted molar refractivity (Wildman–Crippen MR) is 73.3 cm³/mol. The standard InChI is InChI=1S/C14H17F3N2O2/c1-9-11(7-4-8-13(9)19(20)21)18-12-6-3-2-5-10(12)14(15,16)17/h4,7-8,10,12,18H,2-3,5-6H2,1H3. The molecule has 1 saturated carbocycles. The first kappa shape index (κ1) is 15.6. The maximum absolute atomic E-state index is 13.1. The summed E-state index contributed by atoms with van der Waals surface area (Å²) in [5.74, 6) is -1.40. The number of anilines is 1. The van der Waals surface area contributed by atoms with Crippen LogP contribution in [0.5, 0.6) is 0 Å². The first-order valence-electron chi connectivity index (χ1n) is 6.88. The highest BCUT2D eigenvalue weighted by atomic mass is 19.4. The molecule has 0 spiro atoms. The molecule has 0 aliphatic heterocycles. The van der Waals surface area contributed by atoms with E-state index < -0.39 is 23.1 Å². The van der Waals surface area contributed by atoms with Crippen LogP contribution in [0.4, 0.5) is 24.5 Å². The second-order valence-corrected chi connectivity index (χ2v) is 5.39. The molecule has 21 heavy (non-hydrogen) atoms. The highest BCUT2D eigenvalue weighted by Gasteiger charge is 2.45. The summed E-state index contributed by atoms with van der Waals surface area (Å²) in [5.41, 5.74) is 0.693. The van der Waals surface area contributed by atoms with Crippen molar-refractivity contribution in [1.82, 2.24) is 0 Å². The Hall–Kier alpha value is -1.79. The Morgan fingerprint density at radius 2 is 1.95 bits per heavy atom. The predicted octanol–water partition coefficient (Wildman–Crippen LogP) is 4.44. The molecule has 0 saturated heterocycles. The molecule has 2 rings (SSSR count). The molecule has 1 aliphatic carbocycles. The third kappa shape index (κ3) is 3.46. The molecule has 0 radical (unpaired) electrons. The minimum atomic E-state index is -4.24. The van der Waals surface area contributed by atoms with E-state index in [2.05, 4.69) is 5.32 Å². The fraction of sp³-hybridized carbons (Fsp3) is 0.571. The number of nitrogens with one attached hydrogen (secondary N) is 1. The minimum absolute atomic E-state index is 0.0839. The molecule has 0 bridgehead atoms. The second kappa shape index (κ2) is 5.91. The van der Waals surface area contributed by atoms with Crippen LogP contribution in [0.15, 0.2) is 18.2 Å². The van der Waals surface area contributed by atoms with Crippen molar-refractivity contribution < 1.29 is 18.1 Å². The van der Waals surface area contributed by atoms with Crippen molar-refractivity contribution in [3.8, 4) is 0 Å². The normalized spacial score (nSPS) is 22.9. The average Bonchev–Trinajstić information content (AvgIpc) is 2.40. The van der Waals surface area contributed by atoms with Gasteiger partial charge in [0.1, 0.15) is 0 Å². The summed E-state index contributed by atoms with van der Waals surface area (Å²) in [6.07, 6.45) is -2.41. The summed E-state index contributed by atoms with van der Waals surface area (Å²) in [6.45, 7) is 1.55. The number of nitro groups is 1. The lowest BCUT2D eigenvalue weighted by atomic mass is 9.83. The Labute approximate surface area is 120 Å². The van der Waals surface area contributed by atoms with Gasteiger partial charge in [-0.15, -0.1) is 0 Å². The van der Waals surface area contributed by atoms with E-state index in [4.69, 9.17) is 0 Å². The zero-order valence-corrected chi connectivity index (χ0v) is 11.6. The van der Waals surface area contributed by atoms with E-state index in [0.29, 0.717) is 24.1 Å². The highest BCUT2D eigenvalue weighted by molar-refractivity contribution is 5.60. The molecule has 1 aromatic carbocycles. The molecule has 2 unspecified atom stereocenters. The minimum Gasteiger partial charge on any atom is -0.381 e. The van der Waals surface area contributed by atoms with Gasteiger partial charge in [-0.3, -0.25) is 10.1 Å². The van der Waals surface area contributed by atoms with Crippen LogP contribution >= 0.6 is 0 Å². The number of rotatable bonds is 3. The van der Waals surface area contributed by atoms with E-state index in [1.165, 1.54) is 12.1 Å². The van der Waals surface area contributed by atoms with Gasteiger partial charge in [0.05, 0.1) is 10.8 Å². The van der Waals surface area contributed by atoms with E-state index >= 15 is 0 Å². The van der Waals surface area contributed by atoms with Crippen LogP contribution in [-0.2, 0) is 0 Å². The third-order valence-corrected chi connectivity index (χ3v) is 4.03. The number of alkyl halides is 3. The van der Waals surface area contributed by atoms with E-state index in [1.54, 1.807) is 13.0 Å². The van der Waals surface area contributed by atoms with Crippen LogP contribution in [0.2, 0.25) is 0 Å². The Balaban J connectivity index is 2.24. The van der Waals surface area contributed by atoms with Gasteiger partial charge in [0.15, 0.2) is 0 Å². The highest BCUT2D eigenvalue weighted by Crippen LogP contribution is 2.39. The SMILES string of the molecule is Cc1c(NC2CCCCC2C(F)(F)F)cccc1[N+](=O)[O-]. The van der Waals surface area contributed by atoms with Crippen molar-refractivity contribution >= 4 is 11.4 Å². The van der Waals surface area contributed by atoms with Crippen LogP contribution in [-0.4, -0.2) is 17.1 Å². The molecule has 2 atom stereocenters. The van der Waals surface area contributed by atoms with Crippen LogP contribution in [0.3, 0.4) is 0 Å². The fourth-order valence-corrected chi connectivity index (χ4v) is 2.87. The number of benzene rings is 1. The molecule has 1 aliphatic rings. The quantitative estimate of drug-likeness (QED) is 0.663. The smallest absolute Gasteiger partial charge is 0.381 e. The Bertz CT molecular complexity index is 531. The van der Waals surface area contributed by atoms with Gasteiger partial charge in [-0.25, -0.2) is 0 Å². The number of hydrogen-bond donors (Lipinski definition) is 1. The molecule has 4 nitrogen and oxygen atoms in total. The number of hydrogen-bond acceptors (Lipinski definition) is 3. The van der Waals surface area contributed by atoms with E-state index in [9.17, 15) is 23.3 Å². The summed E-state index contributed by atoms with van der Waals surface area (Å²) < 4.78 is 39.2. The number of nitrogens with zero attached hydrogens (tertiary/aromatic N) is 1. The van der Waals surface area contributed by atoms with Gasteiger partial charge < -0.3 is 5.32 Å².